The summed E-state index contributed by atoms with van der Waals surface area (Å²) in [7, 11) is 0. The number of carbonyl (C=O) groups is 1. The zero-order chi connectivity index (χ0) is 33.6. The highest BCUT2D eigenvalue weighted by Gasteiger charge is 2.34. The molecule has 3 atom stereocenters. The van der Waals surface area contributed by atoms with Gasteiger partial charge in [-0.15, -0.1) is 0 Å². The molecule has 0 aliphatic carbocycles. The van der Waals surface area contributed by atoms with E-state index in [1.807, 2.05) is 42.7 Å². The molecule has 7 rings (SSSR count). The molecule has 5 aromatic rings. The number of aromatic nitrogens is 2. The number of aryl methyl sites for hydroxylation is 1. The van der Waals surface area contributed by atoms with Crippen LogP contribution >= 0.6 is 0 Å². The summed E-state index contributed by atoms with van der Waals surface area (Å²) in [5.74, 6) is 0.284. The van der Waals surface area contributed by atoms with Crippen molar-refractivity contribution in [3.63, 3.8) is 0 Å². The molecule has 8 nitrogen and oxygen atoms in total. The van der Waals surface area contributed by atoms with Crippen LogP contribution in [-0.4, -0.2) is 32.6 Å². The van der Waals surface area contributed by atoms with Crippen molar-refractivity contribution in [2.75, 3.05) is 16.8 Å². The van der Waals surface area contributed by atoms with Crippen molar-refractivity contribution >= 4 is 28.3 Å². The van der Waals surface area contributed by atoms with Crippen LogP contribution < -0.4 is 15.8 Å². The molecule has 1 saturated heterocycles. The number of aliphatic hydroxyl groups is 1. The summed E-state index contributed by atoms with van der Waals surface area (Å²) in [5.41, 5.74) is 6.09. The van der Waals surface area contributed by atoms with Crippen molar-refractivity contribution in [2.45, 2.75) is 77.4 Å². The van der Waals surface area contributed by atoms with Crippen molar-refractivity contribution in [1.82, 2.24) is 9.55 Å². The maximum absolute atomic E-state index is 14.7. The van der Waals surface area contributed by atoms with Crippen LogP contribution in [0, 0.1) is 6.92 Å². The molecule has 3 unspecified atom stereocenters. The number of nitrogens with zero attached hydrogens (tertiary/aromatic N) is 3. The summed E-state index contributed by atoms with van der Waals surface area (Å²) >= 11 is 0. The number of rotatable bonds is 8. The Morgan fingerprint density at radius 3 is 2.35 bits per heavy atom. The summed E-state index contributed by atoms with van der Waals surface area (Å²) in [6.07, 6.45) is 0.164. The van der Waals surface area contributed by atoms with E-state index in [0.29, 0.717) is 59.8 Å². The number of carbonyl (C=O) groups excluding carboxylic acids is 1. The minimum Gasteiger partial charge on any atom is -0.380 e. The molecular formula is C40H42N4O4. The van der Waals surface area contributed by atoms with E-state index in [4.69, 9.17) is 9.72 Å². The lowest BCUT2D eigenvalue weighted by atomic mass is 9.93. The number of ether oxygens (including phenoxy) is 1. The largest absolute Gasteiger partial charge is 0.380 e. The fourth-order valence-corrected chi connectivity index (χ4v) is 7.31. The first-order chi connectivity index (χ1) is 23.1. The highest BCUT2D eigenvalue weighted by molar-refractivity contribution is 6.04. The van der Waals surface area contributed by atoms with Crippen molar-refractivity contribution in [3.8, 4) is 0 Å². The van der Waals surface area contributed by atoms with Crippen LogP contribution in [0.4, 0.5) is 11.6 Å². The van der Waals surface area contributed by atoms with Crippen molar-refractivity contribution in [2.24, 2.45) is 0 Å². The number of Topliss-reactive ketones (excluding diaryl/α,β-unsaturated/α-hetero) is 1. The van der Waals surface area contributed by atoms with Gasteiger partial charge in [0.25, 0.3) is 5.56 Å². The van der Waals surface area contributed by atoms with Crippen LogP contribution in [0.5, 0.6) is 0 Å². The van der Waals surface area contributed by atoms with Gasteiger partial charge in [-0.05, 0) is 81.0 Å². The summed E-state index contributed by atoms with van der Waals surface area (Å²) in [5, 5.41) is 15.1. The number of para-hydroxylation sites is 1. The number of fused-ring (bicyclic) bond motifs is 2. The Labute approximate surface area is 281 Å². The average molecular weight is 643 g/mol. The fraction of sp³-hybridized carbons (Fsp3) is 0.325. The number of benzene rings is 4. The summed E-state index contributed by atoms with van der Waals surface area (Å²) in [4.78, 5) is 35.8. The smallest absolute Gasteiger partial charge is 0.263 e. The van der Waals surface area contributed by atoms with Gasteiger partial charge in [-0.3, -0.25) is 14.2 Å². The SMILES string of the molecule is Cc1cc(C(C)Nc2ccccc2C(=O)C(O)c2ccccc2)c2nc(N3Cc4ccccc4C3)n(C3CCOC(C)(C)C3)c(=O)c2c1. The molecule has 3 heterocycles. The number of nitrogens with one attached hydrogen (secondary N) is 1. The highest BCUT2D eigenvalue weighted by atomic mass is 16.5. The molecule has 2 aliphatic rings. The van der Waals surface area contributed by atoms with Gasteiger partial charge in [0, 0.05) is 42.6 Å². The van der Waals surface area contributed by atoms with Crippen LogP contribution in [0.3, 0.4) is 0 Å². The minimum atomic E-state index is -1.29. The molecule has 1 aromatic heterocycles. The van der Waals surface area contributed by atoms with Gasteiger partial charge in [0.15, 0.2) is 5.78 Å². The molecule has 8 heteroatoms. The second-order valence-corrected chi connectivity index (χ2v) is 13.8. The van der Waals surface area contributed by atoms with E-state index in [-0.39, 0.29) is 29.0 Å². The van der Waals surface area contributed by atoms with E-state index in [0.717, 1.165) is 17.5 Å². The van der Waals surface area contributed by atoms with Gasteiger partial charge in [-0.25, -0.2) is 4.98 Å². The Kier molecular flexibility index (Phi) is 8.39. The first-order valence-corrected chi connectivity index (χ1v) is 16.7. The maximum Gasteiger partial charge on any atom is 0.263 e. The molecule has 4 aromatic carbocycles. The number of hydrogen-bond acceptors (Lipinski definition) is 7. The predicted octanol–water partition coefficient (Wildman–Crippen LogP) is 7.44. The molecule has 0 spiro atoms. The van der Waals surface area contributed by atoms with E-state index in [2.05, 4.69) is 54.4 Å². The Hall–Kier alpha value is -4.79. The minimum absolute atomic E-state index is 0.0487. The maximum atomic E-state index is 14.7. The third kappa shape index (κ3) is 6.02. The van der Waals surface area contributed by atoms with Crippen LogP contribution in [0.2, 0.25) is 0 Å². The monoisotopic (exact) mass is 642 g/mol. The average Bonchev–Trinajstić information content (AvgIpc) is 3.52. The summed E-state index contributed by atoms with van der Waals surface area (Å²) < 4.78 is 7.98. The van der Waals surface area contributed by atoms with Gasteiger partial charge in [-0.2, -0.15) is 0 Å². The van der Waals surface area contributed by atoms with E-state index < -0.39 is 6.10 Å². The number of aliphatic hydroxyl groups excluding tert-OH is 1. The zero-order valence-corrected chi connectivity index (χ0v) is 27.9. The summed E-state index contributed by atoms with van der Waals surface area (Å²) in [6.45, 7) is 10.1. The van der Waals surface area contributed by atoms with Gasteiger partial charge in [0.2, 0.25) is 5.95 Å². The Bertz CT molecular complexity index is 2030. The van der Waals surface area contributed by atoms with E-state index in [1.54, 1.807) is 36.4 Å². The molecule has 2 aliphatic heterocycles. The summed E-state index contributed by atoms with van der Waals surface area (Å²) in [6, 6.07) is 28.2. The second-order valence-electron chi connectivity index (χ2n) is 13.8. The predicted molar refractivity (Wildman–Crippen MR) is 190 cm³/mol. The highest BCUT2D eigenvalue weighted by Crippen LogP contribution is 2.37. The van der Waals surface area contributed by atoms with Gasteiger partial charge < -0.3 is 20.1 Å². The molecular weight excluding hydrogens is 600 g/mol. The molecule has 0 radical (unpaired) electrons. The fourth-order valence-electron chi connectivity index (χ4n) is 7.31. The van der Waals surface area contributed by atoms with Gasteiger partial charge >= 0.3 is 0 Å². The quantitative estimate of drug-likeness (QED) is 0.170. The van der Waals surface area contributed by atoms with Gasteiger partial charge in [0.1, 0.15) is 6.10 Å². The number of hydrogen-bond donors (Lipinski definition) is 2. The first kappa shape index (κ1) is 31.8. The van der Waals surface area contributed by atoms with E-state index in [1.165, 1.54) is 11.1 Å². The normalized spacial score (nSPS) is 18.4. The molecule has 0 saturated carbocycles. The lowest BCUT2D eigenvalue weighted by Gasteiger charge is -2.38. The number of ketones is 1. The zero-order valence-electron chi connectivity index (χ0n) is 27.9. The molecule has 48 heavy (non-hydrogen) atoms. The molecule has 0 bridgehead atoms. The lowest BCUT2D eigenvalue weighted by Crippen LogP contribution is -2.40. The Balaban J connectivity index is 1.31. The van der Waals surface area contributed by atoms with Crippen molar-refractivity contribution in [1.29, 1.82) is 0 Å². The standard InChI is InChI=1S/C40H42N4O4/c1-25-20-32(26(2)41-34-17-11-10-16-31(34)37(46)36(45)27-12-6-5-7-13-27)35-33(21-25)38(47)44(30-18-19-48-40(3,4)22-30)39(42-35)43-23-28-14-8-9-15-29(28)24-43/h5-17,20-21,26,30,36,41,45H,18-19,22-24H2,1-4H3. The van der Waals surface area contributed by atoms with Gasteiger partial charge in [0.05, 0.1) is 22.5 Å². The van der Waals surface area contributed by atoms with Gasteiger partial charge in [-0.1, -0.05) is 72.8 Å². The first-order valence-electron chi connectivity index (χ1n) is 16.7. The van der Waals surface area contributed by atoms with Crippen LogP contribution in [0.15, 0.2) is 95.8 Å². The lowest BCUT2D eigenvalue weighted by molar-refractivity contribution is -0.0694. The third-order valence-electron chi connectivity index (χ3n) is 9.71. The van der Waals surface area contributed by atoms with E-state index in [9.17, 15) is 14.7 Å². The Morgan fingerprint density at radius 2 is 1.65 bits per heavy atom. The van der Waals surface area contributed by atoms with E-state index >= 15 is 0 Å². The number of anilines is 2. The Morgan fingerprint density at radius 1 is 0.979 bits per heavy atom. The third-order valence-corrected chi connectivity index (χ3v) is 9.71. The van der Waals surface area contributed by atoms with Crippen molar-refractivity contribution < 1.29 is 14.6 Å². The molecule has 0 amide bonds. The van der Waals surface area contributed by atoms with Crippen LogP contribution in [0.25, 0.3) is 10.9 Å². The van der Waals surface area contributed by atoms with Crippen LogP contribution in [-0.2, 0) is 17.8 Å². The molecule has 1 fully saturated rings. The second kappa shape index (κ2) is 12.7. The van der Waals surface area contributed by atoms with Crippen LogP contribution in [0.1, 0.15) is 90.0 Å². The molecule has 2 N–H and O–H groups in total. The molecule has 246 valence electrons. The van der Waals surface area contributed by atoms with Crippen molar-refractivity contribution in [3.05, 3.63) is 135 Å². The topological polar surface area (TPSA) is 96.7 Å².